The number of amides is 1. The Balaban J connectivity index is 1.50. The molecule has 0 bridgehead atoms. The molecule has 202 valence electrons. The molecule has 0 atom stereocenters. The lowest BCUT2D eigenvalue weighted by atomic mass is 9.88. The smallest absolute Gasteiger partial charge is 0.255 e. The number of aliphatic imine (C=N–C) groups is 1. The number of Topliss-reactive ketones (excluding diaryl/α,β-unsaturated/α-hetero) is 1. The number of hydrogen-bond acceptors (Lipinski definition) is 4. The zero-order valence-electron chi connectivity index (χ0n) is 23.6. The third-order valence-electron chi connectivity index (χ3n) is 7.33. The Kier molecular flexibility index (Phi) is 9.13. The summed E-state index contributed by atoms with van der Waals surface area (Å²) in [5.41, 5.74) is 7.46. The van der Waals surface area contributed by atoms with Gasteiger partial charge in [0.25, 0.3) is 5.91 Å². The average molecular weight is 523 g/mol. The predicted molar refractivity (Wildman–Crippen MR) is 159 cm³/mol. The first-order chi connectivity index (χ1) is 18.8. The summed E-state index contributed by atoms with van der Waals surface area (Å²) in [6.45, 7) is 11.4. The fraction of sp³-hybridized carbons (Fsp3) is 0.324. The summed E-state index contributed by atoms with van der Waals surface area (Å²) in [6, 6.07) is 19.8. The van der Waals surface area contributed by atoms with E-state index in [1.54, 1.807) is 12.1 Å². The lowest BCUT2D eigenvalue weighted by Crippen LogP contribution is -2.32. The summed E-state index contributed by atoms with van der Waals surface area (Å²) in [4.78, 5) is 31.3. The van der Waals surface area contributed by atoms with E-state index in [1.807, 2.05) is 50.2 Å². The van der Waals surface area contributed by atoms with Gasteiger partial charge < -0.3 is 10.1 Å². The molecule has 4 rings (SSSR count). The van der Waals surface area contributed by atoms with E-state index in [9.17, 15) is 9.59 Å². The van der Waals surface area contributed by atoms with Crippen LogP contribution in [0.2, 0.25) is 0 Å². The van der Waals surface area contributed by atoms with Gasteiger partial charge in [-0.05, 0) is 80.9 Å². The highest BCUT2D eigenvalue weighted by atomic mass is 16.5. The molecule has 0 radical (unpaired) electrons. The van der Waals surface area contributed by atoms with Gasteiger partial charge in [-0.3, -0.25) is 9.59 Å². The van der Waals surface area contributed by atoms with Crippen LogP contribution in [-0.4, -0.2) is 30.6 Å². The van der Waals surface area contributed by atoms with E-state index in [0.717, 1.165) is 41.0 Å². The number of carbonyl (C=O) groups excluding carboxylic acids is 2. The zero-order chi connectivity index (χ0) is 27.9. The third kappa shape index (κ3) is 6.54. The van der Waals surface area contributed by atoms with Gasteiger partial charge in [0.2, 0.25) is 0 Å². The predicted octanol–water partition coefficient (Wildman–Crippen LogP) is 7.34. The van der Waals surface area contributed by atoms with Gasteiger partial charge in [0.05, 0.1) is 23.6 Å². The number of ketones is 1. The highest BCUT2D eigenvalue weighted by molar-refractivity contribution is 6.35. The molecule has 1 aliphatic rings. The second-order valence-electron chi connectivity index (χ2n) is 10.2. The lowest BCUT2D eigenvalue weighted by Gasteiger charge is -2.18. The third-order valence-corrected chi connectivity index (χ3v) is 7.33. The Morgan fingerprint density at radius 1 is 0.923 bits per heavy atom. The van der Waals surface area contributed by atoms with Gasteiger partial charge in [0.15, 0.2) is 5.78 Å². The summed E-state index contributed by atoms with van der Waals surface area (Å²) in [7, 11) is 0. The fourth-order valence-corrected chi connectivity index (χ4v) is 5.05. The quantitative estimate of drug-likeness (QED) is 0.224. The summed E-state index contributed by atoms with van der Waals surface area (Å²) in [5.74, 6) is 0.696. The molecule has 0 saturated heterocycles. The maximum Gasteiger partial charge on any atom is 0.255 e. The molecule has 1 N–H and O–H groups in total. The van der Waals surface area contributed by atoms with E-state index in [2.05, 4.69) is 44.3 Å². The second-order valence-corrected chi connectivity index (χ2v) is 10.2. The van der Waals surface area contributed by atoms with Crippen LogP contribution in [0.15, 0.2) is 77.3 Å². The van der Waals surface area contributed by atoms with E-state index in [-0.39, 0.29) is 11.4 Å². The molecule has 1 aliphatic carbocycles. The Bertz CT molecular complexity index is 1430. The molecule has 5 heteroatoms. The summed E-state index contributed by atoms with van der Waals surface area (Å²) in [5, 5.41) is 2.89. The van der Waals surface area contributed by atoms with E-state index in [1.165, 1.54) is 11.1 Å². The maximum absolute atomic E-state index is 13.2. The standard InChI is InChI=1S/C34H38N2O3/c1-6-25(7-2)26-14-15-30(23(4)20-26)36-31-21-29(33(37)28-12-9-8-11-27(28)31)34(38)35-17-10-18-39-32-16-13-22(3)19-24(32)5/h8-9,11-16,19-21,25H,6-7,10,17-18H2,1-5H3,(H,35,38). The minimum Gasteiger partial charge on any atom is -0.493 e. The molecule has 3 aromatic carbocycles. The Labute approximate surface area is 232 Å². The number of nitrogens with one attached hydrogen (secondary N) is 1. The fourth-order valence-electron chi connectivity index (χ4n) is 5.05. The highest BCUT2D eigenvalue weighted by Gasteiger charge is 2.28. The highest BCUT2D eigenvalue weighted by Crippen LogP contribution is 2.30. The van der Waals surface area contributed by atoms with Crippen LogP contribution in [-0.2, 0) is 4.79 Å². The number of allylic oxidation sites excluding steroid dienone is 1. The number of fused-ring (bicyclic) bond motifs is 1. The molecule has 5 nitrogen and oxygen atoms in total. The molecule has 39 heavy (non-hydrogen) atoms. The van der Waals surface area contributed by atoms with Gasteiger partial charge in [-0.15, -0.1) is 0 Å². The van der Waals surface area contributed by atoms with Gasteiger partial charge in [-0.1, -0.05) is 67.9 Å². The first-order valence-corrected chi connectivity index (χ1v) is 13.9. The number of hydrogen-bond donors (Lipinski definition) is 1. The SMILES string of the molecule is CCC(CC)c1ccc(N=C2C=C(C(=O)NCCCOc3ccc(C)cc3C)C(=O)c3ccccc32)c(C)c1. The van der Waals surface area contributed by atoms with Gasteiger partial charge >= 0.3 is 0 Å². The second kappa shape index (κ2) is 12.7. The zero-order valence-corrected chi connectivity index (χ0v) is 23.6. The van der Waals surface area contributed by atoms with Crippen molar-refractivity contribution in [1.29, 1.82) is 0 Å². The van der Waals surface area contributed by atoms with Crippen molar-refractivity contribution in [3.8, 4) is 5.75 Å². The van der Waals surface area contributed by atoms with Crippen molar-refractivity contribution in [3.63, 3.8) is 0 Å². The van der Waals surface area contributed by atoms with Crippen LogP contribution in [0.5, 0.6) is 5.75 Å². The molecule has 0 fully saturated rings. The lowest BCUT2D eigenvalue weighted by molar-refractivity contribution is -0.117. The number of rotatable bonds is 10. The van der Waals surface area contributed by atoms with Crippen molar-refractivity contribution in [1.82, 2.24) is 5.32 Å². The largest absolute Gasteiger partial charge is 0.493 e. The summed E-state index contributed by atoms with van der Waals surface area (Å²) < 4.78 is 5.87. The van der Waals surface area contributed by atoms with Crippen LogP contribution in [0.4, 0.5) is 5.69 Å². The molecule has 0 heterocycles. The van der Waals surface area contributed by atoms with E-state index >= 15 is 0 Å². The Hall–Kier alpha value is -3.99. The molecular weight excluding hydrogens is 484 g/mol. The van der Waals surface area contributed by atoms with Gasteiger partial charge in [-0.25, -0.2) is 4.99 Å². The minimum absolute atomic E-state index is 0.106. The number of nitrogens with zero attached hydrogens (tertiary/aromatic N) is 1. The van der Waals surface area contributed by atoms with Crippen LogP contribution in [0.3, 0.4) is 0 Å². The van der Waals surface area contributed by atoms with E-state index in [0.29, 0.717) is 36.8 Å². The van der Waals surface area contributed by atoms with Crippen molar-refractivity contribution >= 4 is 23.1 Å². The molecular formula is C34H38N2O3. The normalized spacial score (nSPS) is 13.8. The minimum atomic E-state index is -0.394. The van der Waals surface area contributed by atoms with Crippen LogP contribution >= 0.6 is 0 Å². The molecule has 1 amide bonds. The van der Waals surface area contributed by atoms with Crippen LogP contribution in [0.1, 0.15) is 77.2 Å². The number of ether oxygens (including phenoxy) is 1. The van der Waals surface area contributed by atoms with Crippen LogP contribution in [0, 0.1) is 20.8 Å². The molecule has 0 unspecified atom stereocenters. The van der Waals surface area contributed by atoms with Crippen molar-refractivity contribution in [3.05, 3.63) is 106 Å². The topological polar surface area (TPSA) is 67.8 Å². The molecule has 0 spiro atoms. The summed E-state index contributed by atoms with van der Waals surface area (Å²) >= 11 is 0. The van der Waals surface area contributed by atoms with Crippen LogP contribution < -0.4 is 10.1 Å². The van der Waals surface area contributed by atoms with Crippen molar-refractivity contribution in [2.45, 2.75) is 59.8 Å². The first-order valence-electron chi connectivity index (χ1n) is 13.9. The molecule has 0 aliphatic heterocycles. The van der Waals surface area contributed by atoms with Crippen LogP contribution in [0.25, 0.3) is 0 Å². The molecule has 0 aromatic heterocycles. The van der Waals surface area contributed by atoms with Gasteiger partial charge in [-0.2, -0.15) is 0 Å². The average Bonchev–Trinajstić information content (AvgIpc) is 2.93. The monoisotopic (exact) mass is 522 g/mol. The Morgan fingerprint density at radius 3 is 2.36 bits per heavy atom. The van der Waals surface area contributed by atoms with Crippen molar-refractivity contribution < 1.29 is 14.3 Å². The summed E-state index contributed by atoms with van der Waals surface area (Å²) in [6.07, 6.45) is 4.44. The van der Waals surface area contributed by atoms with Crippen molar-refractivity contribution in [2.75, 3.05) is 13.2 Å². The molecule has 3 aromatic rings. The van der Waals surface area contributed by atoms with Gasteiger partial charge in [0, 0.05) is 17.7 Å². The van der Waals surface area contributed by atoms with E-state index in [4.69, 9.17) is 9.73 Å². The molecule has 0 saturated carbocycles. The van der Waals surface area contributed by atoms with Crippen molar-refractivity contribution in [2.24, 2.45) is 4.99 Å². The number of aryl methyl sites for hydroxylation is 3. The van der Waals surface area contributed by atoms with Gasteiger partial charge in [0.1, 0.15) is 5.75 Å². The maximum atomic E-state index is 13.2. The Morgan fingerprint density at radius 2 is 1.67 bits per heavy atom. The first kappa shape index (κ1) is 28.0. The number of benzene rings is 3. The van der Waals surface area contributed by atoms with E-state index < -0.39 is 5.91 Å². The number of carbonyl (C=O) groups is 2.